The predicted octanol–water partition coefficient (Wildman–Crippen LogP) is 2.62. The van der Waals surface area contributed by atoms with Gasteiger partial charge < -0.3 is 9.47 Å². The molecule has 1 unspecified atom stereocenters. The summed E-state index contributed by atoms with van der Waals surface area (Å²) in [5, 5.41) is 0. The number of methoxy groups -OCH3 is 1. The van der Waals surface area contributed by atoms with E-state index in [4.69, 9.17) is 9.47 Å². The van der Waals surface area contributed by atoms with Gasteiger partial charge in [0.05, 0.1) is 13.2 Å². The predicted molar refractivity (Wildman–Crippen MR) is 83.0 cm³/mol. The maximum atomic E-state index is 12.5. The molecule has 1 heterocycles. The molecule has 1 aliphatic rings. The zero-order chi connectivity index (χ0) is 15.2. The molecule has 4 heteroatoms. The number of ether oxygens (including phenoxy) is 2. The summed E-state index contributed by atoms with van der Waals surface area (Å²) in [6.07, 6.45) is 2.18. The fourth-order valence-corrected chi connectivity index (χ4v) is 2.69. The summed E-state index contributed by atoms with van der Waals surface area (Å²) in [5.74, 6) is 1.57. The van der Waals surface area contributed by atoms with E-state index in [0.29, 0.717) is 5.92 Å². The van der Waals surface area contributed by atoms with Crippen LogP contribution in [-0.4, -0.2) is 50.6 Å². The number of carbonyl (C=O) groups excluding carboxylic acids is 1. The van der Waals surface area contributed by atoms with Gasteiger partial charge in [-0.25, -0.2) is 0 Å². The molecule has 2 rings (SSSR count). The molecule has 1 atom stereocenters. The number of rotatable bonds is 6. The Morgan fingerprint density at radius 3 is 2.52 bits per heavy atom. The van der Waals surface area contributed by atoms with E-state index in [1.807, 2.05) is 38.2 Å². The molecule has 0 saturated carbocycles. The van der Waals surface area contributed by atoms with Crippen molar-refractivity contribution in [2.45, 2.75) is 25.8 Å². The first-order valence-corrected chi connectivity index (χ1v) is 7.58. The molecule has 0 aromatic heterocycles. The zero-order valence-electron chi connectivity index (χ0n) is 13.2. The molecule has 0 radical (unpaired) electrons. The molecule has 1 saturated heterocycles. The van der Waals surface area contributed by atoms with E-state index in [-0.39, 0.29) is 11.8 Å². The van der Waals surface area contributed by atoms with Crippen molar-refractivity contribution >= 4 is 5.78 Å². The van der Waals surface area contributed by atoms with Gasteiger partial charge in [-0.15, -0.1) is 0 Å². The summed E-state index contributed by atoms with van der Waals surface area (Å²) < 4.78 is 10.5. The summed E-state index contributed by atoms with van der Waals surface area (Å²) in [4.78, 5) is 14.7. The third-order valence-corrected chi connectivity index (χ3v) is 4.30. The van der Waals surface area contributed by atoms with Gasteiger partial charge in [0.1, 0.15) is 5.75 Å². The lowest BCUT2D eigenvalue weighted by Crippen LogP contribution is -2.40. The number of ketones is 1. The molecule has 1 fully saturated rings. The summed E-state index contributed by atoms with van der Waals surface area (Å²) >= 11 is 0. The maximum absolute atomic E-state index is 12.5. The molecule has 0 N–H and O–H groups in total. The molecular formula is C17H25NO3. The first kappa shape index (κ1) is 16.0. The lowest BCUT2D eigenvalue weighted by Gasteiger charge is -2.30. The highest BCUT2D eigenvalue weighted by molar-refractivity contribution is 5.99. The second-order valence-corrected chi connectivity index (χ2v) is 5.76. The molecule has 0 spiro atoms. The van der Waals surface area contributed by atoms with Gasteiger partial charge in [-0.05, 0) is 57.0 Å². The molecule has 1 aromatic carbocycles. The summed E-state index contributed by atoms with van der Waals surface area (Å²) in [5.41, 5.74) is 0.738. The van der Waals surface area contributed by atoms with Crippen LogP contribution in [0.1, 0.15) is 30.1 Å². The molecule has 21 heavy (non-hydrogen) atoms. The Hall–Kier alpha value is -1.39. The van der Waals surface area contributed by atoms with E-state index in [1.165, 1.54) is 0 Å². The van der Waals surface area contributed by atoms with Gasteiger partial charge in [0.15, 0.2) is 5.78 Å². The average Bonchev–Trinajstić information content (AvgIpc) is 2.54. The minimum Gasteiger partial charge on any atom is -0.497 e. The van der Waals surface area contributed by atoms with Gasteiger partial charge in [-0.2, -0.15) is 0 Å². The van der Waals surface area contributed by atoms with Crippen LogP contribution in [0, 0.1) is 5.92 Å². The molecule has 0 amide bonds. The van der Waals surface area contributed by atoms with Crippen LogP contribution in [0.25, 0.3) is 0 Å². The molecule has 4 nitrogen and oxygen atoms in total. The van der Waals surface area contributed by atoms with Crippen molar-refractivity contribution in [2.75, 3.05) is 33.9 Å². The quantitative estimate of drug-likeness (QED) is 0.755. The van der Waals surface area contributed by atoms with Gasteiger partial charge in [0, 0.05) is 25.3 Å². The van der Waals surface area contributed by atoms with Crippen LogP contribution < -0.4 is 4.74 Å². The third kappa shape index (κ3) is 4.29. The van der Waals surface area contributed by atoms with Crippen LogP contribution in [0.15, 0.2) is 24.3 Å². The summed E-state index contributed by atoms with van der Waals surface area (Å²) in [6.45, 7) is 4.62. The van der Waals surface area contributed by atoms with Crippen molar-refractivity contribution in [1.82, 2.24) is 4.90 Å². The second-order valence-electron chi connectivity index (χ2n) is 5.76. The van der Waals surface area contributed by atoms with Crippen molar-refractivity contribution in [1.29, 1.82) is 0 Å². The smallest absolute Gasteiger partial charge is 0.179 e. The Morgan fingerprint density at radius 1 is 1.33 bits per heavy atom. The van der Waals surface area contributed by atoms with Gasteiger partial charge in [0.25, 0.3) is 0 Å². The van der Waals surface area contributed by atoms with Crippen LogP contribution in [-0.2, 0) is 4.74 Å². The fraction of sp³-hybridized carbons (Fsp3) is 0.588. The Bertz CT molecular complexity index is 452. The summed E-state index contributed by atoms with van der Waals surface area (Å²) in [7, 11) is 3.66. The minimum absolute atomic E-state index is 0.110. The van der Waals surface area contributed by atoms with E-state index >= 15 is 0 Å². The SMILES string of the molecule is COc1ccc(C(=O)C(C)N(C)CC2CCOCC2)cc1. The Labute approximate surface area is 127 Å². The Balaban J connectivity index is 1.93. The number of Topliss-reactive ketones (excluding diaryl/α,β-unsaturated/α-hetero) is 1. The fourth-order valence-electron chi connectivity index (χ4n) is 2.69. The molecule has 1 aromatic rings. The number of hydrogen-bond donors (Lipinski definition) is 0. The number of carbonyl (C=O) groups is 1. The van der Waals surface area contributed by atoms with E-state index < -0.39 is 0 Å². The largest absolute Gasteiger partial charge is 0.497 e. The van der Waals surface area contributed by atoms with E-state index in [1.54, 1.807) is 7.11 Å². The lowest BCUT2D eigenvalue weighted by atomic mass is 9.98. The Kier molecular flexibility index (Phi) is 5.76. The first-order chi connectivity index (χ1) is 10.1. The number of benzene rings is 1. The van der Waals surface area contributed by atoms with Crippen molar-refractivity contribution < 1.29 is 14.3 Å². The highest BCUT2D eigenvalue weighted by Crippen LogP contribution is 2.18. The molecule has 116 valence electrons. The van der Waals surface area contributed by atoms with E-state index in [9.17, 15) is 4.79 Å². The number of nitrogens with zero attached hydrogens (tertiary/aromatic N) is 1. The average molecular weight is 291 g/mol. The standard InChI is InChI=1S/C17H25NO3/c1-13(18(2)12-14-8-10-21-11-9-14)17(19)15-4-6-16(20-3)7-5-15/h4-7,13-14H,8-12H2,1-3H3. The van der Waals surface area contributed by atoms with Crippen LogP contribution in [0.4, 0.5) is 0 Å². The van der Waals surface area contributed by atoms with Gasteiger partial charge in [-0.1, -0.05) is 0 Å². The molecule has 1 aliphatic heterocycles. The monoisotopic (exact) mass is 291 g/mol. The van der Waals surface area contributed by atoms with Crippen molar-refractivity contribution in [3.63, 3.8) is 0 Å². The van der Waals surface area contributed by atoms with Crippen LogP contribution in [0.3, 0.4) is 0 Å². The van der Waals surface area contributed by atoms with E-state index in [0.717, 1.165) is 43.9 Å². The topological polar surface area (TPSA) is 38.8 Å². The highest BCUT2D eigenvalue weighted by atomic mass is 16.5. The highest BCUT2D eigenvalue weighted by Gasteiger charge is 2.23. The van der Waals surface area contributed by atoms with Crippen molar-refractivity contribution in [2.24, 2.45) is 5.92 Å². The molecule has 0 bridgehead atoms. The minimum atomic E-state index is -0.110. The molecule has 0 aliphatic carbocycles. The van der Waals surface area contributed by atoms with Gasteiger partial charge in [0.2, 0.25) is 0 Å². The number of hydrogen-bond acceptors (Lipinski definition) is 4. The lowest BCUT2D eigenvalue weighted by molar-refractivity contribution is 0.0497. The van der Waals surface area contributed by atoms with Gasteiger partial charge >= 0.3 is 0 Å². The normalized spacial score (nSPS) is 17.7. The van der Waals surface area contributed by atoms with E-state index in [2.05, 4.69) is 4.90 Å². The van der Waals surface area contributed by atoms with Gasteiger partial charge in [-0.3, -0.25) is 9.69 Å². The summed E-state index contributed by atoms with van der Waals surface area (Å²) in [6, 6.07) is 7.22. The molecular weight excluding hydrogens is 266 g/mol. The maximum Gasteiger partial charge on any atom is 0.179 e. The Morgan fingerprint density at radius 2 is 1.95 bits per heavy atom. The second kappa shape index (κ2) is 7.57. The third-order valence-electron chi connectivity index (χ3n) is 4.30. The van der Waals surface area contributed by atoms with Crippen molar-refractivity contribution in [3.05, 3.63) is 29.8 Å². The number of likely N-dealkylation sites (N-methyl/N-ethyl adjacent to an activating group) is 1. The van der Waals surface area contributed by atoms with Crippen LogP contribution in [0.2, 0.25) is 0 Å². The van der Waals surface area contributed by atoms with Crippen LogP contribution in [0.5, 0.6) is 5.75 Å². The first-order valence-electron chi connectivity index (χ1n) is 7.58. The van der Waals surface area contributed by atoms with Crippen LogP contribution >= 0.6 is 0 Å². The van der Waals surface area contributed by atoms with Crippen molar-refractivity contribution in [3.8, 4) is 5.75 Å². The zero-order valence-corrected chi connectivity index (χ0v) is 13.2.